The van der Waals surface area contributed by atoms with Gasteiger partial charge in [0.15, 0.2) is 0 Å². The van der Waals surface area contributed by atoms with Crippen LogP contribution in [0.4, 0.5) is 0 Å². The van der Waals surface area contributed by atoms with Gasteiger partial charge in [-0.15, -0.1) is 0 Å². The highest BCUT2D eigenvalue weighted by Gasteiger charge is 2.13. The summed E-state index contributed by atoms with van der Waals surface area (Å²) in [4.78, 5) is 18.0. The van der Waals surface area contributed by atoms with E-state index in [1.165, 1.54) is 12.1 Å². The first-order valence-electron chi connectivity index (χ1n) is 6.22. The largest absolute Gasteiger partial charge is 0.506 e. The molecule has 1 aromatic carbocycles. The molecule has 0 radical (unpaired) electrons. The van der Waals surface area contributed by atoms with Gasteiger partial charge < -0.3 is 10.0 Å². The molecular formula is C15H15ClN2O2. The molecule has 0 saturated carbocycles. The van der Waals surface area contributed by atoms with Crippen molar-refractivity contribution in [2.75, 3.05) is 13.6 Å². The number of halogens is 1. The van der Waals surface area contributed by atoms with Crippen LogP contribution in [0.3, 0.4) is 0 Å². The average Bonchev–Trinajstić information content (AvgIpc) is 2.48. The lowest BCUT2D eigenvalue weighted by Gasteiger charge is -2.17. The third-order valence-electron chi connectivity index (χ3n) is 2.97. The third-order valence-corrected chi connectivity index (χ3v) is 3.27. The molecule has 0 spiro atoms. The lowest BCUT2D eigenvalue weighted by Crippen LogP contribution is -2.29. The van der Waals surface area contributed by atoms with Gasteiger partial charge in [-0.25, -0.2) is 0 Å². The molecule has 0 bridgehead atoms. The predicted molar refractivity (Wildman–Crippen MR) is 78.0 cm³/mol. The van der Waals surface area contributed by atoms with E-state index in [1.54, 1.807) is 24.2 Å². The molecule has 1 aromatic heterocycles. The first kappa shape index (κ1) is 14.3. The van der Waals surface area contributed by atoms with Crippen LogP contribution in [0.15, 0.2) is 42.6 Å². The number of hydrogen-bond acceptors (Lipinski definition) is 3. The summed E-state index contributed by atoms with van der Waals surface area (Å²) >= 11 is 5.80. The van der Waals surface area contributed by atoms with Crippen molar-refractivity contribution in [2.24, 2.45) is 0 Å². The standard InChI is InChI=1S/C15H15ClN2O2/c1-18(9-7-12-4-2-3-8-17-12)15(20)11-5-6-14(19)13(16)10-11/h2-6,8,10,19H,7,9H2,1H3. The van der Waals surface area contributed by atoms with Crippen molar-refractivity contribution < 1.29 is 9.90 Å². The van der Waals surface area contributed by atoms with E-state index in [2.05, 4.69) is 4.98 Å². The van der Waals surface area contributed by atoms with Gasteiger partial charge in [0.05, 0.1) is 5.02 Å². The second kappa shape index (κ2) is 6.39. The minimum absolute atomic E-state index is 0.0284. The van der Waals surface area contributed by atoms with E-state index in [4.69, 9.17) is 11.6 Å². The second-order valence-corrected chi connectivity index (χ2v) is 4.87. The third kappa shape index (κ3) is 3.48. The maximum atomic E-state index is 12.2. The molecule has 2 aromatic rings. The van der Waals surface area contributed by atoms with Crippen LogP contribution in [-0.2, 0) is 6.42 Å². The topological polar surface area (TPSA) is 53.4 Å². The smallest absolute Gasteiger partial charge is 0.253 e. The van der Waals surface area contributed by atoms with Crippen LogP contribution < -0.4 is 0 Å². The Bertz CT molecular complexity index is 602. The summed E-state index contributed by atoms with van der Waals surface area (Å²) in [7, 11) is 1.73. The van der Waals surface area contributed by atoms with E-state index in [0.29, 0.717) is 18.5 Å². The van der Waals surface area contributed by atoms with Crippen molar-refractivity contribution in [2.45, 2.75) is 6.42 Å². The first-order valence-corrected chi connectivity index (χ1v) is 6.59. The number of phenols is 1. The van der Waals surface area contributed by atoms with Crippen molar-refractivity contribution in [3.05, 3.63) is 58.9 Å². The Hall–Kier alpha value is -2.07. The number of phenolic OH excluding ortho intramolecular Hbond substituents is 1. The predicted octanol–water partition coefficient (Wildman–Crippen LogP) is 2.76. The fraction of sp³-hybridized carbons (Fsp3) is 0.200. The number of aromatic hydroxyl groups is 1. The molecule has 0 saturated heterocycles. The molecule has 4 nitrogen and oxygen atoms in total. The summed E-state index contributed by atoms with van der Waals surface area (Å²) in [5, 5.41) is 9.53. The van der Waals surface area contributed by atoms with Crippen molar-refractivity contribution in [1.82, 2.24) is 9.88 Å². The molecule has 104 valence electrons. The van der Waals surface area contributed by atoms with Crippen LogP contribution in [0.5, 0.6) is 5.75 Å². The van der Waals surface area contributed by atoms with Crippen LogP contribution in [0, 0.1) is 0 Å². The lowest BCUT2D eigenvalue weighted by molar-refractivity contribution is 0.0796. The van der Waals surface area contributed by atoms with Crippen LogP contribution in [0.2, 0.25) is 5.02 Å². The molecule has 0 unspecified atom stereocenters. The number of rotatable bonds is 4. The molecule has 0 aliphatic rings. The van der Waals surface area contributed by atoms with Crippen LogP contribution in [0.25, 0.3) is 0 Å². The Labute approximate surface area is 122 Å². The fourth-order valence-electron chi connectivity index (χ4n) is 1.79. The molecule has 20 heavy (non-hydrogen) atoms. The lowest BCUT2D eigenvalue weighted by atomic mass is 10.2. The minimum atomic E-state index is -0.136. The van der Waals surface area contributed by atoms with E-state index >= 15 is 0 Å². The molecular weight excluding hydrogens is 276 g/mol. The second-order valence-electron chi connectivity index (χ2n) is 4.46. The van der Waals surface area contributed by atoms with Crippen LogP contribution in [0.1, 0.15) is 16.1 Å². The van der Waals surface area contributed by atoms with Gasteiger partial charge in [-0.05, 0) is 30.3 Å². The van der Waals surface area contributed by atoms with Crippen molar-refractivity contribution in [1.29, 1.82) is 0 Å². The zero-order valence-corrected chi connectivity index (χ0v) is 11.8. The number of aromatic nitrogens is 1. The number of likely N-dealkylation sites (N-methyl/N-ethyl adjacent to an activating group) is 1. The Morgan fingerprint density at radius 2 is 2.15 bits per heavy atom. The van der Waals surface area contributed by atoms with E-state index in [-0.39, 0.29) is 16.7 Å². The maximum absolute atomic E-state index is 12.2. The van der Waals surface area contributed by atoms with Gasteiger partial charge in [0.1, 0.15) is 5.75 Å². The number of amides is 1. The highest BCUT2D eigenvalue weighted by Crippen LogP contribution is 2.24. The summed E-state index contributed by atoms with van der Waals surface area (Å²) in [6.07, 6.45) is 2.42. The Morgan fingerprint density at radius 1 is 1.35 bits per heavy atom. The highest BCUT2D eigenvalue weighted by molar-refractivity contribution is 6.32. The van der Waals surface area contributed by atoms with Gasteiger partial charge in [0.2, 0.25) is 0 Å². The van der Waals surface area contributed by atoms with E-state index in [1.807, 2.05) is 18.2 Å². The maximum Gasteiger partial charge on any atom is 0.253 e. The molecule has 0 fully saturated rings. The molecule has 0 aliphatic heterocycles. The average molecular weight is 291 g/mol. The molecule has 0 aliphatic carbocycles. The zero-order chi connectivity index (χ0) is 14.5. The molecule has 5 heteroatoms. The normalized spacial score (nSPS) is 10.3. The molecule has 2 rings (SSSR count). The van der Waals surface area contributed by atoms with Crippen molar-refractivity contribution in [3.63, 3.8) is 0 Å². The molecule has 1 heterocycles. The van der Waals surface area contributed by atoms with Gasteiger partial charge in [-0.3, -0.25) is 9.78 Å². The number of carbonyl (C=O) groups is 1. The van der Waals surface area contributed by atoms with Gasteiger partial charge in [0, 0.05) is 37.5 Å². The summed E-state index contributed by atoms with van der Waals surface area (Å²) in [5.74, 6) is -0.165. The summed E-state index contributed by atoms with van der Waals surface area (Å²) in [6.45, 7) is 0.564. The monoisotopic (exact) mass is 290 g/mol. The van der Waals surface area contributed by atoms with Gasteiger partial charge in [-0.2, -0.15) is 0 Å². The number of hydrogen-bond donors (Lipinski definition) is 1. The van der Waals surface area contributed by atoms with Crippen LogP contribution >= 0.6 is 11.6 Å². The number of carbonyl (C=O) groups excluding carboxylic acids is 1. The number of benzene rings is 1. The summed E-state index contributed by atoms with van der Waals surface area (Å²) < 4.78 is 0. The number of nitrogens with zero attached hydrogens (tertiary/aromatic N) is 2. The van der Waals surface area contributed by atoms with E-state index in [0.717, 1.165) is 5.69 Å². The van der Waals surface area contributed by atoms with Gasteiger partial charge >= 0.3 is 0 Å². The zero-order valence-electron chi connectivity index (χ0n) is 11.1. The van der Waals surface area contributed by atoms with Gasteiger partial charge in [0.25, 0.3) is 5.91 Å². The van der Waals surface area contributed by atoms with Crippen LogP contribution in [-0.4, -0.2) is 34.5 Å². The Kier molecular flexibility index (Phi) is 4.58. The summed E-state index contributed by atoms with van der Waals surface area (Å²) in [6, 6.07) is 10.1. The van der Waals surface area contributed by atoms with Gasteiger partial charge in [-0.1, -0.05) is 17.7 Å². The van der Waals surface area contributed by atoms with Crippen molar-refractivity contribution >= 4 is 17.5 Å². The highest BCUT2D eigenvalue weighted by atomic mass is 35.5. The Balaban J connectivity index is 1.99. The number of pyridine rings is 1. The van der Waals surface area contributed by atoms with E-state index < -0.39 is 0 Å². The van der Waals surface area contributed by atoms with Crippen molar-refractivity contribution in [3.8, 4) is 5.75 Å². The Morgan fingerprint density at radius 3 is 2.80 bits per heavy atom. The molecule has 0 atom stereocenters. The first-order chi connectivity index (χ1) is 9.58. The van der Waals surface area contributed by atoms with E-state index in [9.17, 15) is 9.90 Å². The molecule has 1 N–H and O–H groups in total. The quantitative estimate of drug-likeness (QED) is 0.942. The molecule has 1 amide bonds. The fourth-order valence-corrected chi connectivity index (χ4v) is 1.97. The SMILES string of the molecule is CN(CCc1ccccn1)C(=O)c1ccc(O)c(Cl)c1. The minimum Gasteiger partial charge on any atom is -0.506 e. The summed E-state index contributed by atoms with van der Waals surface area (Å²) in [5.41, 5.74) is 1.40.